The number of hydrogen-bond donors (Lipinski definition) is 0. The van der Waals surface area contributed by atoms with Crippen molar-refractivity contribution in [2.24, 2.45) is 0 Å². The van der Waals surface area contributed by atoms with Gasteiger partial charge in [0.2, 0.25) is 0 Å². The fourth-order valence-electron chi connectivity index (χ4n) is 3.29. The van der Waals surface area contributed by atoms with E-state index >= 15 is 0 Å². The van der Waals surface area contributed by atoms with Crippen LogP contribution in [0.3, 0.4) is 0 Å². The Balaban J connectivity index is 0.000000402. The molecule has 0 nitrogen and oxygen atoms in total. The molecule has 127 valence electrons. The maximum atomic E-state index is 2.39. The molecule has 0 bridgehead atoms. The number of rotatable bonds is 1. The largest absolute Gasteiger partial charge is 2.00 e. The molecule has 0 N–H and O–H groups in total. The number of aryl methyl sites for hydroxylation is 2. The first-order valence-corrected chi connectivity index (χ1v) is 10.4. The van der Waals surface area contributed by atoms with Crippen molar-refractivity contribution in [3.05, 3.63) is 82.7 Å². The van der Waals surface area contributed by atoms with E-state index in [1.807, 2.05) is 0 Å². The predicted octanol–water partition coefficient (Wildman–Crippen LogP) is 5.88. The van der Waals surface area contributed by atoms with Crippen LogP contribution in [-0.2, 0) is 39.0 Å². The van der Waals surface area contributed by atoms with Crippen LogP contribution in [0.2, 0.25) is 13.1 Å². The molecule has 0 saturated heterocycles. The van der Waals surface area contributed by atoms with Crippen LogP contribution in [0.25, 0.3) is 0 Å². The van der Waals surface area contributed by atoms with Gasteiger partial charge in [0.05, 0.1) is 0 Å². The van der Waals surface area contributed by atoms with E-state index in [2.05, 4.69) is 68.0 Å². The second-order valence-corrected chi connectivity index (χ2v) is 8.68. The molecule has 0 heterocycles. The van der Waals surface area contributed by atoms with Crippen molar-refractivity contribution in [2.45, 2.75) is 38.8 Å². The van der Waals surface area contributed by atoms with Crippen molar-refractivity contribution in [3.63, 3.8) is 0 Å². The van der Waals surface area contributed by atoms with Gasteiger partial charge in [-0.3, -0.25) is 0 Å². The number of fused-ring (bicyclic) bond motifs is 2. The zero-order valence-electron chi connectivity index (χ0n) is 14.3. The molecule has 0 aromatic heterocycles. The topological polar surface area (TPSA) is 0 Å². The quantitative estimate of drug-likeness (QED) is 0.372. The molecular weight excluding hydrogens is 430 g/mol. The Morgan fingerprint density at radius 3 is 2.17 bits per heavy atom. The molecule has 0 unspecified atom stereocenters. The second-order valence-electron chi connectivity index (χ2n) is 6.08. The maximum absolute atomic E-state index is 2.39. The van der Waals surface area contributed by atoms with Gasteiger partial charge in [-0.2, -0.15) is 35.2 Å². The van der Waals surface area contributed by atoms with Gasteiger partial charge in [-0.25, -0.2) is 0 Å². The second kappa shape index (κ2) is 11.5. The van der Waals surface area contributed by atoms with Crippen LogP contribution in [0.1, 0.15) is 35.1 Å². The zero-order chi connectivity index (χ0) is 14.7. The Labute approximate surface area is 180 Å². The molecule has 0 aliphatic heterocycles. The van der Waals surface area contributed by atoms with E-state index in [-0.39, 0.29) is 59.8 Å². The Morgan fingerprint density at radius 1 is 0.875 bits per heavy atom. The van der Waals surface area contributed by atoms with Gasteiger partial charge < -0.3 is 0 Å². The van der Waals surface area contributed by atoms with Gasteiger partial charge >= 0.3 is 26.2 Å². The standard InChI is InChI=1S/C11H14Si.C9H9.2ClH.Zr/c1-12(2)11-8-7-9-5-3-4-6-10(9)11;1-2-5-9-7-3-6-8(9)4-1;;;/h3-6H,7-8H2,1-2H3;1-2,4-6H,3,7H2;2*1H;/q2*-1;;;+2. The van der Waals surface area contributed by atoms with Crippen LogP contribution < -0.4 is 0 Å². The first-order valence-electron chi connectivity index (χ1n) is 7.91. The fourth-order valence-corrected chi connectivity index (χ4v) is 4.70. The van der Waals surface area contributed by atoms with E-state index in [4.69, 9.17) is 0 Å². The summed E-state index contributed by atoms with van der Waals surface area (Å²) < 4.78 is 0. The molecule has 4 heteroatoms. The summed E-state index contributed by atoms with van der Waals surface area (Å²) in [6, 6.07) is 17.5. The van der Waals surface area contributed by atoms with E-state index in [0.29, 0.717) is 0 Å². The summed E-state index contributed by atoms with van der Waals surface area (Å²) in [5, 5.41) is 0. The zero-order valence-corrected chi connectivity index (χ0v) is 19.4. The molecule has 24 heavy (non-hydrogen) atoms. The minimum Gasteiger partial charge on any atom is -0.189 e. The van der Waals surface area contributed by atoms with Crippen molar-refractivity contribution < 1.29 is 26.2 Å². The van der Waals surface area contributed by atoms with Crippen LogP contribution in [-0.4, -0.2) is 8.80 Å². The van der Waals surface area contributed by atoms with Crippen LogP contribution >= 0.6 is 24.8 Å². The summed E-state index contributed by atoms with van der Waals surface area (Å²) in [4.78, 5) is 0. The number of hydrogen-bond acceptors (Lipinski definition) is 0. The fraction of sp³-hybridized carbons (Fsp3) is 0.300. The van der Waals surface area contributed by atoms with Gasteiger partial charge in [-0.05, 0) is 0 Å². The molecule has 4 rings (SSSR count). The smallest absolute Gasteiger partial charge is 0.189 e. The average Bonchev–Trinajstić information content (AvgIpc) is 3.14. The summed E-state index contributed by atoms with van der Waals surface area (Å²) in [5.41, 5.74) is 7.83. The summed E-state index contributed by atoms with van der Waals surface area (Å²) in [6.07, 6.45) is 7.38. The van der Waals surface area contributed by atoms with Crippen molar-refractivity contribution >= 4 is 33.6 Å². The van der Waals surface area contributed by atoms with Crippen LogP contribution in [0.15, 0.2) is 48.5 Å². The predicted molar refractivity (Wildman–Crippen MR) is 107 cm³/mol. The van der Waals surface area contributed by atoms with Crippen molar-refractivity contribution in [1.82, 2.24) is 0 Å². The maximum Gasteiger partial charge on any atom is 2.00 e. The van der Waals surface area contributed by atoms with E-state index in [0.717, 1.165) is 0 Å². The molecule has 0 atom stereocenters. The molecule has 0 amide bonds. The van der Waals surface area contributed by atoms with Gasteiger partial charge in [0.1, 0.15) is 0 Å². The van der Waals surface area contributed by atoms with Gasteiger partial charge in [-0.1, -0.05) is 50.9 Å². The summed E-state index contributed by atoms with van der Waals surface area (Å²) in [5.74, 6) is 0. The van der Waals surface area contributed by atoms with Gasteiger partial charge in [0, 0.05) is 8.80 Å². The van der Waals surface area contributed by atoms with Crippen LogP contribution in [0.4, 0.5) is 0 Å². The molecule has 2 aromatic carbocycles. The van der Waals surface area contributed by atoms with Gasteiger partial charge in [0.25, 0.3) is 0 Å². The Hall–Kier alpha value is -0.140. The Morgan fingerprint density at radius 2 is 1.50 bits per heavy atom. The Kier molecular flexibility index (Phi) is 11.4. The third-order valence-electron chi connectivity index (χ3n) is 4.42. The van der Waals surface area contributed by atoms with E-state index in [1.165, 1.54) is 36.8 Å². The van der Waals surface area contributed by atoms with Crippen molar-refractivity contribution in [2.75, 3.05) is 0 Å². The molecular formula is C20H25Cl2SiZr. The van der Waals surface area contributed by atoms with Crippen LogP contribution in [0, 0.1) is 12.0 Å². The molecule has 2 aromatic rings. The van der Waals surface area contributed by atoms with Gasteiger partial charge in [0.15, 0.2) is 0 Å². The third kappa shape index (κ3) is 5.70. The van der Waals surface area contributed by atoms with Crippen LogP contribution in [0.5, 0.6) is 0 Å². The molecule has 2 aliphatic rings. The SMILES string of the molecule is C[Si](C)[C-]1CCc2ccccc21.Cl.Cl.[Zr+2].c1ccc2c(c1)[CH-]CC2. The first kappa shape index (κ1) is 23.9. The minimum absolute atomic E-state index is 0. The number of benzene rings is 2. The first-order chi connectivity index (χ1) is 10.3. The monoisotopic (exact) mass is 453 g/mol. The molecule has 0 spiro atoms. The molecule has 0 saturated carbocycles. The molecule has 2 aliphatic carbocycles. The summed E-state index contributed by atoms with van der Waals surface area (Å²) in [6.45, 7) is 4.78. The third-order valence-corrected chi connectivity index (χ3v) is 6.15. The summed E-state index contributed by atoms with van der Waals surface area (Å²) >= 11 is 0. The summed E-state index contributed by atoms with van der Waals surface area (Å²) in [7, 11) is -0.207. The van der Waals surface area contributed by atoms with Gasteiger partial charge in [-0.15, -0.1) is 60.2 Å². The number of halogens is 2. The normalized spacial score (nSPS) is 13.2. The average molecular weight is 456 g/mol. The molecule has 1 radical (unpaired) electrons. The van der Waals surface area contributed by atoms with E-state index in [1.54, 1.807) is 16.7 Å². The van der Waals surface area contributed by atoms with E-state index in [9.17, 15) is 0 Å². The van der Waals surface area contributed by atoms with Crippen molar-refractivity contribution in [1.29, 1.82) is 0 Å². The molecule has 0 fully saturated rings. The van der Waals surface area contributed by atoms with Crippen molar-refractivity contribution in [3.8, 4) is 0 Å². The minimum atomic E-state index is -0.207. The van der Waals surface area contributed by atoms with E-state index < -0.39 is 0 Å². The Bertz CT molecular complexity index is 593.